The lowest BCUT2D eigenvalue weighted by molar-refractivity contribution is 0.111. The van der Waals surface area contributed by atoms with Crippen molar-refractivity contribution in [3.8, 4) is 5.75 Å². The first-order valence-corrected chi connectivity index (χ1v) is 10.9. The van der Waals surface area contributed by atoms with Crippen molar-refractivity contribution < 1.29 is 23.1 Å². The Balaban J connectivity index is 1.45. The number of carbonyl (C=O) groups is 1. The molecule has 0 aromatic carbocycles. The molecule has 0 radical (unpaired) electrons. The molecule has 2 aliphatic heterocycles. The summed E-state index contributed by atoms with van der Waals surface area (Å²) in [6.07, 6.45) is 3.68. The van der Waals surface area contributed by atoms with Gasteiger partial charge in [0.05, 0.1) is 19.1 Å². The van der Waals surface area contributed by atoms with Crippen LogP contribution in [-0.2, 0) is 10.0 Å². The maximum Gasteiger partial charge on any atom is 0.407 e. The predicted octanol–water partition coefficient (Wildman–Crippen LogP) is 0.932. The zero-order chi connectivity index (χ0) is 19.4. The number of hydrogen-bond acceptors (Lipinski definition) is 6. The average molecular weight is 398 g/mol. The third-order valence-corrected chi connectivity index (χ3v) is 6.43. The highest BCUT2D eigenvalue weighted by Crippen LogP contribution is 2.21. The van der Waals surface area contributed by atoms with Crippen molar-refractivity contribution >= 4 is 21.9 Å². The molecule has 2 saturated heterocycles. The maximum atomic E-state index is 11.6. The first-order valence-electron chi connectivity index (χ1n) is 9.10. The quantitative estimate of drug-likeness (QED) is 0.787. The van der Waals surface area contributed by atoms with Crippen molar-refractivity contribution in [2.24, 2.45) is 5.92 Å². The molecule has 3 heterocycles. The number of amides is 1. The lowest BCUT2D eigenvalue weighted by atomic mass is 9.98. The minimum atomic E-state index is -3.13. The highest BCUT2D eigenvalue weighted by atomic mass is 32.2. The smallest absolute Gasteiger partial charge is 0.407 e. The number of aromatic nitrogens is 1. The van der Waals surface area contributed by atoms with Gasteiger partial charge in [0.25, 0.3) is 0 Å². The van der Waals surface area contributed by atoms with Gasteiger partial charge in [-0.1, -0.05) is 0 Å². The lowest BCUT2D eigenvalue weighted by Crippen LogP contribution is -2.48. The molecular formula is C17H26N4O5S. The molecular weight excluding hydrogens is 372 g/mol. The van der Waals surface area contributed by atoms with Crippen LogP contribution in [0.15, 0.2) is 18.3 Å². The molecule has 0 bridgehead atoms. The minimum absolute atomic E-state index is 0.351. The Morgan fingerprint density at radius 1 is 1.19 bits per heavy atom. The van der Waals surface area contributed by atoms with Crippen LogP contribution in [0.5, 0.6) is 5.75 Å². The lowest BCUT2D eigenvalue weighted by Gasteiger charge is -2.34. The molecule has 27 heavy (non-hydrogen) atoms. The Labute approximate surface area is 159 Å². The van der Waals surface area contributed by atoms with Crippen LogP contribution in [0.1, 0.15) is 12.8 Å². The van der Waals surface area contributed by atoms with E-state index in [0.717, 1.165) is 18.7 Å². The number of nitrogens with zero attached hydrogens (tertiary/aromatic N) is 4. The van der Waals surface area contributed by atoms with Crippen LogP contribution in [-0.4, -0.2) is 85.9 Å². The SMILES string of the molecule is CS(=O)(=O)N1CCN(c2ccc(OCC3CCN(C(=O)O)CC3)cn2)CC1. The number of ether oxygens (including phenoxy) is 1. The van der Waals surface area contributed by atoms with Gasteiger partial charge in [0.1, 0.15) is 11.6 Å². The van der Waals surface area contributed by atoms with Crippen LogP contribution in [0.2, 0.25) is 0 Å². The van der Waals surface area contributed by atoms with E-state index in [1.54, 1.807) is 6.20 Å². The number of rotatable bonds is 5. The summed E-state index contributed by atoms with van der Waals surface area (Å²) in [7, 11) is -3.13. The van der Waals surface area contributed by atoms with Crippen molar-refractivity contribution in [2.75, 3.05) is 57.0 Å². The average Bonchev–Trinajstić information content (AvgIpc) is 2.66. The Morgan fingerprint density at radius 3 is 2.37 bits per heavy atom. The van der Waals surface area contributed by atoms with Gasteiger partial charge in [0, 0.05) is 39.3 Å². The molecule has 1 aromatic rings. The summed E-state index contributed by atoms with van der Waals surface area (Å²) in [6.45, 7) is 3.83. The molecule has 150 valence electrons. The largest absolute Gasteiger partial charge is 0.492 e. The summed E-state index contributed by atoms with van der Waals surface area (Å²) in [5.41, 5.74) is 0. The third-order valence-electron chi connectivity index (χ3n) is 5.12. The van der Waals surface area contributed by atoms with E-state index in [4.69, 9.17) is 9.84 Å². The van der Waals surface area contributed by atoms with Gasteiger partial charge in [-0.15, -0.1) is 0 Å². The Morgan fingerprint density at radius 2 is 1.85 bits per heavy atom. The second kappa shape index (κ2) is 8.30. The first-order chi connectivity index (χ1) is 12.8. The van der Waals surface area contributed by atoms with Crippen LogP contribution in [0.4, 0.5) is 10.6 Å². The zero-order valence-electron chi connectivity index (χ0n) is 15.5. The van der Waals surface area contributed by atoms with Gasteiger partial charge >= 0.3 is 6.09 Å². The van der Waals surface area contributed by atoms with E-state index in [2.05, 4.69) is 9.88 Å². The second-order valence-electron chi connectivity index (χ2n) is 7.03. The number of anilines is 1. The Hall–Kier alpha value is -2.07. The fourth-order valence-electron chi connectivity index (χ4n) is 3.40. The van der Waals surface area contributed by atoms with Gasteiger partial charge in [-0.25, -0.2) is 18.2 Å². The van der Waals surface area contributed by atoms with Crippen molar-refractivity contribution in [3.05, 3.63) is 18.3 Å². The maximum absolute atomic E-state index is 11.6. The van der Waals surface area contributed by atoms with E-state index in [1.165, 1.54) is 15.5 Å². The fraction of sp³-hybridized carbons (Fsp3) is 0.647. The molecule has 10 heteroatoms. The summed E-state index contributed by atoms with van der Waals surface area (Å²) in [5.74, 6) is 1.85. The van der Waals surface area contributed by atoms with E-state index in [9.17, 15) is 13.2 Å². The molecule has 0 aliphatic carbocycles. The fourth-order valence-corrected chi connectivity index (χ4v) is 4.23. The highest BCUT2D eigenvalue weighted by Gasteiger charge is 2.24. The molecule has 2 fully saturated rings. The van der Waals surface area contributed by atoms with Crippen molar-refractivity contribution in [3.63, 3.8) is 0 Å². The number of likely N-dealkylation sites (tertiary alicyclic amines) is 1. The molecule has 0 unspecified atom stereocenters. The molecule has 2 aliphatic rings. The van der Waals surface area contributed by atoms with Gasteiger partial charge in [0.15, 0.2) is 0 Å². The van der Waals surface area contributed by atoms with Crippen molar-refractivity contribution in [1.82, 2.24) is 14.2 Å². The topological polar surface area (TPSA) is 103 Å². The number of sulfonamides is 1. The molecule has 1 aromatic heterocycles. The van der Waals surface area contributed by atoms with E-state index < -0.39 is 16.1 Å². The number of carboxylic acid groups (broad SMARTS) is 1. The first kappa shape index (κ1) is 19.7. The Kier molecular flexibility index (Phi) is 6.05. The monoisotopic (exact) mass is 398 g/mol. The van der Waals surface area contributed by atoms with E-state index >= 15 is 0 Å². The second-order valence-corrected chi connectivity index (χ2v) is 9.01. The molecule has 3 rings (SSSR count). The van der Waals surface area contributed by atoms with Gasteiger partial charge in [-0.2, -0.15) is 4.31 Å². The highest BCUT2D eigenvalue weighted by molar-refractivity contribution is 7.88. The third kappa shape index (κ3) is 5.23. The molecule has 1 N–H and O–H groups in total. The van der Waals surface area contributed by atoms with Gasteiger partial charge in [0.2, 0.25) is 10.0 Å². The molecule has 9 nitrogen and oxygen atoms in total. The van der Waals surface area contributed by atoms with E-state index in [0.29, 0.717) is 57.5 Å². The molecule has 0 saturated carbocycles. The zero-order valence-corrected chi connectivity index (χ0v) is 16.3. The summed E-state index contributed by atoms with van der Waals surface area (Å²) < 4.78 is 30.4. The van der Waals surface area contributed by atoms with Crippen LogP contribution >= 0.6 is 0 Å². The molecule has 0 atom stereocenters. The Bertz CT molecular complexity index is 739. The number of hydrogen-bond donors (Lipinski definition) is 1. The number of piperazine rings is 1. The van der Waals surface area contributed by atoms with Crippen LogP contribution < -0.4 is 9.64 Å². The van der Waals surface area contributed by atoms with E-state index in [1.807, 2.05) is 12.1 Å². The van der Waals surface area contributed by atoms with Crippen molar-refractivity contribution in [1.29, 1.82) is 0 Å². The predicted molar refractivity (Wildman–Crippen MR) is 101 cm³/mol. The van der Waals surface area contributed by atoms with Crippen LogP contribution in [0.25, 0.3) is 0 Å². The van der Waals surface area contributed by atoms with E-state index in [-0.39, 0.29) is 0 Å². The van der Waals surface area contributed by atoms with Gasteiger partial charge < -0.3 is 19.6 Å². The summed E-state index contributed by atoms with van der Waals surface area (Å²) in [5, 5.41) is 8.97. The van der Waals surface area contributed by atoms with Crippen molar-refractivity contribution in [2.45, 2.75) is 12.8 Å². The number of piperidine rings is 1. The molecule has 0 spiro atoms. The summed E-state index contributed by atoms with van der Waals surface area (Å²) in [6, 6.07) is 3.76. The van der Waals surface area contributed by atoms with Gasteiger partial charge in [-0.3, -0.25) is 0 Å². The van der Waals surface area contributed by atoms with Crippen LogP contribution in [0.3, 0.4) is 0 Å². The normalized spacial score (nSPS) is 19.9. The minimum Gasteiger partial charge on any atom is -0.492 e. The van der Waals surface area contributed by atoms with Crippen LogP contribution in [0, 0.1) is 5.92 Å². The standard InChI is InChI=1S/C17H26N4O5S/c1-27(24,25)21-10-8-19(9-11-21)16-3-2-15(12-18-16)26-13-14-4-6-20(7-5-14)17(22)23/h2-3,12,14H,4-11,13H2,1H3,(H,22,23). The number of pyridine rings is 1. The summed E-state index contributed by atoms with van der Waals surface area (Å²) in [4.78, 5) is 18.9. The van der Waals surface area contributed by atoms with Gasteiger partial charge in [-0.05, 0) is 30.9 Å². The molecule has 1 amide bonds. The summed E-state index contributed by atoms with van der Waals surface area (Å²) >= 11 is 0.